The van der Waals surface area contributed by atoms with E-state index >= 15 is 0 Å². The molecule has 0 aliphatic heterocycles. The molecule has 4 heteroatoms. The van der Waals surface area contributed by atoms with Crippen molar-refractivity contribution in [2.75, 3.05) is 6.54 Å². The van der Waals surface area contributed by atoms with Crippen LogP contribution in [0.25, 0.3) is 11.4 Å². The largest absolute Gasteiger partial charge is 0.330 e. The normalized spacial score (nSPS) is 11.9. The minimum atomic E-state index is 0.172. The van der Waals surface area contributed by atoms with Crippen LogP contribution in [0.5, 0.6) is 0 Å². The lowest BCUT2D eigenvalue weighted by Crippen LogP contribution is -2.10. The number of rotatable bonds is 3. The lowest BCUT2D eigenvalue weighted by atomic mass is 9.87. The Hall–Kier alpha value is -1.13. The second-order valence-corrected chi connectivity index (χ2v) is 6.85. The Bertz CT molecular complexity index is 591. The lowest BCUT2D eigenvalue weighted by Gasteiger charge is -2.19. The third-order valence-corrected chi connectivity index (χ3v) is 4.19. The standard InChI is InChI=1S/C16H22BrN3/c1-16(2,3)12-7-5-11(6-8-12)15-19-14(17)13(9-10-18)20(15)4/h5-8H,9-10,18H2,1-4H3. The number of aromatic nitrogens is 2. The predicted molar refractivity (Wildman–Crippen MR) is 87.8 cm³/mol. The number of benzene rings is 1. The minimum absolute atomic E-state index is 0.172. The Morgan fingerprint density at radius 3 is 2.30 bits per heavy atom. The van der Waals surface area contributed by atoms with Crippen molar-refractivity contribution in [3.05, 3.63) is 40.1 Å². The number of hydrogen-bond acceptors (Lipinski definition) is 2. The zero-order chi connectivity index (χ0) is 14.9. The van der Waals surface area contributed by atoms with Gasteiger partial charge >= 0.3 is 0 Å². The van der Waals surface area contributed by atoms with E-state index in [-0.39, 0.29) is 5.41 Å². The highest BCUT2D eigenvalue weighted by atomic mass is 79.9. The first-order valence-corrected chi connectivity index (χ1v) is 7.66. The van der Waals surface area contributed by atoms with E-state index in [4.69, 9.17) is 5.73 Å². The monoisotopic (exact) mass is 335 g/mol. The van der Waals surface area contributed by atoms with Crippen molar-refractivity contribution in [2.45, 2.75) is 32.6 Å². The van der Waals surface area contributed by atoms with Crippen molar-refractivity contribution in [2.24, 2.45) is 12.8 Å². The van der Waals surface area contributed by atoms with Gasteiger partial charge in [0, 0.05) is 19.0 Å². The molecule has 2 rings (SSSR count). The van der Waals surface area contributed by atoms with Crippen LogP contribution in [-0.2, 0) is 18.9 Å². The summed E-state index contributed by atoms with van der Waals surface area (Å²) >= 11 is 3.52. The Morgan fingerprint density at radius 2 is 1.80 bits per heavy atom. The third-order valence-electron chi connectivity index (χ3n) is 3.56. The van der Waals surface area contributed by atoms with Gasteiger partial charge in [-0.05, 0) is 33.5 Å². The van der Waals surface area contributed by atoms with Crippen molar-refractivity contribution in [3.8, 4) is 11.4 Å². The molecule has 0 saturated heterocycles. The Morgan fingerprint density at radius 1 is 1.20 bits per heavy atom. The van der Waals surface area contributed by atoms with E-state index in [0.29, 0.717) is 6.54 Å². The number of nitrogens with zero attached hydrogens (tertiary/aromatic N) is 2. The second-order valence-electron chi connectivity index (χ2n) is 6.10. The molecule has 2 aromatic rings. The van der Waals surface area contributed by atoms with E-state index < -0.39 is 0 Å². The fourth-order valence-electron chi connectivity index (χ4n) is 2.28. The first-order valence-electron chi connectivity index (χ1n) is 6.86. The molecule has 108 valence electrons. The molecular weight excluding hydrogens is 314 g/mol. The van der Waals surface area contributed by atoms with E-state index in [1.54, 1.807) is 0 Å². The molecule has 3 nitrogen and oxygen atoms in total. The first-order chi connectivity index (χ1) is 9.34. The summed E-state index contributed by atoms with van der Waals surface area (Å²) in [6.45, 7) is 7.29. The highest BCUT2D eigenvalue weighted by Crippen LogP contribution is 2.28. The van der Waals surface area contributed by atoms with Crippen molar-refractivity contribution in [1.82, 2.24) is 9.55 Å². The molecule has 0 aliphatic rings. The van der Waals surface area contributed by atoms with Crippen LogP contribution in [-0.4, -0.2) is 16.1 Å². The Kier molecular flexibility index (Phi) is 4.35. The molecule has 1 heterocycles. The van der Waals surface area contributed by atoms with E-state index in [1.165, 1.54) is 5.56 Å². The molecule has 0 atom stereocenters. The Balaban J connectivity index is 2.40. The van der Waals surface area contributed by atoms with Gasteiger partial charge in [-0.2, -0.15) is 0 Å². The fraction of sp³-hybridized carbons (Fsp3) is 0.438. The molecule has 0 spiro atoms. The molecule has 0 saturated carbocycles. The maximum Gasteiger partial charge on any atom is 0.141 e. The highest BCUT2D eigenvalue weighted by Gasteiger charge is 2.16. The van der Waals surface area contributed by atoms with Gasteiger partial charge in [0.2, 0.25) is 0 Å². The number of hydrogen-bond donors (Lipinski definition) is 1. The number of imidazole rings is 1. The quantitative estimate of drug-likeness (QED) is 0.930. The van der Waals surface area contributed by atoms with E-state index in [1.807, 2.05) is 7.05 Å². The van der Waals surface area contributed by atoms with Gasteiger partial charge in [0.25, 0.3) is 0 Å². The summed E-state index contributed by atoms with van der Waals surface area (Å²) in [5, 5.41) is 0. The van der Waals surface area contributed by atoms with Gasteiger partial charge in [0.1, 0.15) is 10.4 Å². The van der Waals surface area contributed by atoms with Crippen LogP contribution < -0.4 is 5.73 Å². The maximum atomic E-state index is 5.65. The van der Waals surface area contributed by atoms with Crippen molar-refractivity contribution in [3.63, 3.8) is 0 Å². The molecule has 1 aromatic heterocycles. The second kappa shape index (κ2) is 5.70. The summed E-state index contributed by atoms with van der Waals surface area (Å²) < 4.78 is 3.00. The molecule has 1 aromatic carbocycles. The van der Waals surface area contributed by atoms with Gasteiger partial charge in [-0.1, -0.05) is 45.0 Å². The summed E-state index contributed by atoms with van der Waals surface area (Å²) in [5.41, 5.74) is 9.42. The van der Waals surface area contributed by atoms with E-state index in [9.17, 15) is 0 Å². The lowest BCUT2D eigenvalue weighted by molar-refractivity contribution is 0.590. The molecule has 0 fully saturated rings. The zero-order valence-electron chi connectivity index (χ0n) is 12.6. The molecule has 0 aliphatic carbocycles. The molecule has 20 heavy (non-hydrogen) atoms. The van der Waals surface area contributed by atoms with Crippen molar-refractivity contribution >= 4 is 15.9 Å². The van der Waals surface area contributed by atoms with Gasteiger partial charge in [-0.15, -0.1) is 0 Å². The van der Waals surface area contributed by atoms with Crippen LogP contribution in [0.15, 0.2) is 28.9 Å². The van der Waals surface area contributed by atoms with Crippen LogP contribution in [0.3, 0.4) is 0 Å². The van der Waals surface area contributed by atoms with E-state index in [2.05, 4.69) is 70.5 Å². The number of nitrogens with two attached hydrogens (primary N) is 1. The zero-order valence-corrected chi connectivity index (χ0v) is 14.2. The van der Waals surface area contributed by atoms with Gasteiger partial charge < -0.3 is 10.3 Å². The van der Waals surface area contributed by atoms with Crippen LogP contribution in [0.4, 0.5) is 0 Å². The number of halogens is 1. The molecular formula is C16H22BrN3. The molecule has 0 radical (unpaired) electrons. The molecule has 0 amide bonds. The van der Waals surface area contributed by atoms with Gasteiger partial charge in [0.05, 0.1) is 5.69 Å². The first kappa shape index (κ1) is 15.3. The van der Waals surface area contributed by atoms with Crippen molar-refractivity contribution in [1.29, 1.82) is 0 Å². The topological polar surface area (TPSA) is 43.8 Å². The smallest absolute Gasteiger partial charge is 0.141 e. The summed E-state index contributed by atoms with van der Waals surface area (Å²) in [6, 6.07) is 8.64. The van der Waals surface area contributed by atoms with E-state index in [0.717, 1.165) is 28.1 Å². The average molecular weight is 336 g/mol. The molecule has 0 unspecified atom stereocenters. The Labute approximate surface area is 129 Å². The van der Waals surface area contributed by atoms with Crippen LogP contribution in [0, 0.1) is 0 Å². The minimum Gasteiger partial charge on any atom is -0.330 e. The van der Waals surface area contributed by atoms with Gasteiger partial charge in [-0.25, -0.2) is 4.98 Å². The summed E-state index contributed by atoms with van der Waals surface area (Å²) in [6.07, 6.45) is 0.824. The van der Waals surface area contributed by atoms with Crippen LogP contribution >= 0.6 is 15.9 Å². The average Bonchev–Trinajstić information content (AvgIpc) is 2.66. The molecule has 0 bridgehead atoms. The third kappa shape index (κ3) is 2.96. The van der Waals surface area contributed by atoms with Crippen molar-refractivity contribution < 1.29 is 0 Å². The van der Waals surface area contributed by atoms with Gasteiger partial charge in [0.15, 0.2) is 0 Å². The molecule has 2 N–H and O–H groups in total. The SMILES string of the molecule is Cn1c(-c2ccc(C(C)(C)C)cc2)nc(Br)c1CCN. The van der Waals surface area contributed by atoms with Gasteiger partial charge in [-0.3, -0.25) is 0 Å². The highest BCUT2D eigenvalue weighted by molar-refractivity contribution is 9.10. The predicted octanol–water partition coefficient (Wildman–Crippen LogP) is 3.65. The van der Waals surface area contributed by atoms with Crippen LogP contribution in [0.2, 0.25) is 0 Å². The summed E-state index contributed by atoms with van der Waals surface area (Å²) in [4.78, 5) is 4.61. The fourth-order valence-corrected chi connectivity index (χ4v) is 2.92. The van der Waals surface area contributed by atoms with Crippen LogP contribution in [0.1, 0.15) is 32.0 Å². The summed E-state index contributed by atoms with van der Waals surface area (Å²) in [7, 11) is 2.04. The maximum absolute atomic E-state index is 5.65. The summed E-state index contributed by atoms with van der Waals surface area (Å²) in [5.74, 6) is 0.973.